The van der Waals surface area contributed by atoms with E-state index in [1.54, 1.807) is 33.5 Å². The molecule has 0 bridgehead atoms. The maximum atomic E-state index is 10.7. The Labute approximate surface area is 122 Å². The second kappa shape index (κ2) is 6.15. The highest BCUT2D eigenvalue weighted by molar-refractivity contribution is 7.10. The third-order valence-corrected chi connectivity index (χ3v) is 4.25. The lowest BCUT2D eigenvalue weighted by Gasteiger charge is -2.19. The molecule has 2 aromatic rings. The molecule has 0 amide bonds. The van der Waals surface area contributed by atoms with E-state index in [9.17, 15) is 5.11 Å². The van der Waals surface area contributed by atoms with Crippen molar-refractivity contribution in [2.24, 2.45) is 0 Å². The van der Waals surface area contributed by atoms with E-state index in [0.29, 0.717) is 22.8 Å². The highest BCUT2D eigenvalue weighted by Gasteiger charge is 2.24. The van der Waals surface area contributed by atoms with E-state index >= 15 is 0 Å². The molecule has 1 N–H and O–H groups in total. The summed E-state index contributed by atoms with van der Waals surface area (Å²) >= 11 is 1.51. The molecule has 1 aromatic heterocycles. The van der Waals surface area contributed by atoms with E-state index in [-0.39, 0.29) is 0 Å². The number of aliphatic hydroxyl groups is 1. The second-order valence-electron chi connectivity index (χ2n) is 4.32. The summed E-state index contributed by atoms with van der Waals surface area (Å²) in [5.74, 6) is 1.71. The highest BCUT2D eigenvalue weighted by Crippen LogP contribution is 2.42. The molecule has 0 saturated heterocycles. The molecule has 0 aliphatic carbocycles. The first-order valence-corrected chi connectivity index (χ1v) is 7.02. The lowest BCUT2D eigenvalue weighted by atomic mass is 10.0. The molecule has 0 aliphatic heterocycles. The van der Waals surface area contributed by atoms with E-state index in [1.165, 1.54) is 11.3 Å². The lowest BCUT2D eigenvalue weighted by Crippen LogP contribution is -2.05. The quantitative estimate of drug-likeness (QED) is 0.920. The predicted molar refractivity (Wildman–Crippen MR) is 79.2 cm³/mol. The Kier molecular flexibility index (Phi) is 4.52. The highest BCUT2D eigenvalue weighted by atomic mass is 32.1. The van der Waals surface area contributed by atoms with Crippen molar-refractivity contribution in [3.05, 3.63) is 39.6 Å². The van der Waals surface area contributed by atoms with Crippen LogP contribution in [0.3, 0.4) is 0 Å². The fraction of sp³-hybridized carbons (Fsp3) is 0.333. The van der Waals surface area contributed by atoms with Crippen LogP contribution in [0.2, 0.25) is 0 Å². The topological polar surface area (TPSA) is 47.9 Å². The average molecular weight is 294 g/mol. The summed E-state index contributed by atoms with van der Waals surface area (Å²) < 4.78 is 16.0. The van der Waals surface area contributed by atoms with Gasteiger partial charge in [0.1, 0.15) is 23.4 Å². The smallest absolute Gasteiger partial charge is 0.132 e. The van der Waals surface area contributed by atoms with E-state index in [2.05, 4.69) is 0 Å². The van der Waals surface area contributed by atoms with Crippen molar-refractivity contribution in [2.75, 3.05) is 21.3 Å². The van der Waals surface area contributed by atoms with Crippen molar-refractivity contribution >= 4 is 11.3 Å². The Morgan fingerprint density at radius 3 is 2.05 bits per heavy atom. The first-order chi connectivity index (χ1) is 9.62. The lowest BCUT2D eigenvalue weighted by molar-refractivity contribution is 0.211. The fourth-order valence-electron chi connectivity index (χ4n) is 2.10. The molecule has 1 heterocycles. The minimum atomic E-state index is -0.786. The zero-order chi connectivity index (χ0) is 14.7. The fourth-order valence-corrected chi connectivity index (χ4v) is 3.02. The van der Waals surface area contributed by atoms with Gasteiger partial charge in [-0.05, 0) is 23.9 Å². The number of aliphatic hydroxyl groups excluding tert-OH is 1. The van der Waals surface area contributed by atoms with Crippen LogP contribution in [0.1, 0.15) is 22.1 Å². The zero-order valence-electron chi connectivity index (χ0n) is 12.0. The number of thiophene rings is 1. The Bertz CT molecular complexity index is 566. The molecular weight excluding hydrogens is 276 g/mol. The Morgan fingerprint density at radius 1 is 1.05 bits per heavy atom. The van der Waals surface area contributed by atoms with Crippen LogP contribution < -0.4 is 14.2 Å². The van der Waals surface area contributed by atoms with Crippen molar-refractivity contribution in [2.45, 2.75) is 13.0 Å². The summed E-state index contributed by atoms with van der Waals surface area (Å²) in [6, 6.07) is 5.46. The Hall–Kier alpha value is -1.72. The molecule has 0 fully saturated rings. The first kappa shape index (κ1) is 14.7. The summed E-state index contributed by atoms with van der Waals surface area (Å²) in [6.07, 6.45) is -0.786. The molecule has 4 nitrogen and oxygen atoms in total. The average Bonchev–Trinajstić information content (AvgIpc) is 2.91. The summed E-state index contributed by atoms with van der Waals surface area (Å²) in [5, 5.41) is 12.6. The van der Waals surface area contributed by atoms with Gasteiger partial charge in [0, 0.05) is 17.0 Å². The molecule has 0 spiro atoms. The van der Waals surface area contributed by atoms with Crippen molar-refractivity contribution in [3.8, 4) is 17.2 Å². The Balaban J connectivity index is 2.57. The number of hydrogen-bond acceptors (Lipinski definition) is 5. The van der Waals surface area contributed by atoms with Crippen molar-refractivity contribution in [1.82, 2.24) is 0 Å². The molecule has 5 heteroatoms. The number of ether oxygens (including phenoxy) is 3. The SMILES string of the molecule is COc1cc(OC)c(C(O)c2sccc2C)c(OC)c1. The minimum Gasteiger partial charge on any atom is -0.496 e. The maximum absolute atomic E-state index is 10.7. The van der Waals surface area contributed by atoms with E-state index in [0.717, 1.165) is 10.4 Å². The number of rotatable bonds is 5. The molecule has 1 atom stereocenters. The normalized spacial score (nSPS) is 12.1. The van der Waals surface area contributed by atoms with Gasteiger partial charge in [-0.2, -0.15) is 0 Å². The number of methoxy groups -OCH3 is 3. The van der Waals surface area contributed by atoms with Crippen molar-refractivity contribution in [3.63, 3.8) is 0 Å². The second-order valence-corrected chi connectivity index (χ2v) is 5.26. The molecule has 20 heavy (non-hydrogen) atoms. The van der Waals surface area contributed by atoms with E-state index in [1.807, 2.05) is 18.4 Å². The van der Waals surface area contributed by atoms with Crippen LogP contribution in [-0.2, 0) is 0 Å². The number of aryl methyl sites for hydroxylation is 1. The molecule has 108 valence electrons. The molecule has 0 saturated carbocycles. The molecule has 1 aromatic carbocycles. The summed E-state index contributed by atoms with van der Waals surface area (Å²) in [6.45, 7) is 1.97. The van der Waals surface area contributed by atoms with Crippen LogP contribution in [0.4, 0.5) is 0 Å². The van der Waals surface area contributed by atoms with Gasteiger partial charge in [-0.15, -0.1) is 11.3 Å². The van der Waals surface area contributed by atoms with Gasteiger partial charge in [0.15, 0.2) is 0 Å². The minimum absolute atomic E-state index is 0.543. The van der Waals surface area contributed by atoms with E-state index in [4.69, 9.17) is 14.2 Å². The van der Waals surface area contributed by atoms with Crippen LogP contribution in [0.15, 0.2) is 23.6 Å². The van der Waals surface area contributed by atoms with Crippen LogP contribution >= 0.6 is 11.3 Å². The molecule has 2 rings (SSSR count). The zero-order valence-corrected chi connectivity index (χ0v) is 12.8. The van der Waals surface area contributed by atoms with Gasteiger partial charge < -0.3 is 19.3 Å². The standard InChI is InChI=1S/C15H18O4S/c1-9-5-6-20-15(9)14(16)13-11(18-3)7-10(17-2)8-12(13)19-4/h5-8,14,16H,1-4H3. The van der Waals surface area contributed by atoms with Gasteiger partial charge in [0.05, 0.1) is 26.9 Å². The van der Waals surface area contributed by atoms with Gasteiger partial charge in [-0.3, -0.25) is 0 Å². The van der Waals surface area contributed by atoms with Crippen molar-refractivity contribution in [1.29, 1.82) is 0 Å². The van der Waals surface area contributed by atoms with Gasteiger partial charge in [0.25, 0.3) is 0 Å². The Morgan fingerprint density at radius 2 is 1.65 bits per heavy atom. The third kappa shape index (κ3) is 2.59. The van der Waals surface area contributed by atoms with E-state index < -0.39 is 6.10 Å². The molecule has 1 unspecified atom stereocenters. The molecular formula is C15H18O4S. The van der Waals surface area contributed by atoms with Gasteiger partial charge >= 0.3 is 0 Å². The van der Waals surface area contributed by atoms with Crippen LogP contribution in [-0.4, -0.2) is 26.4 Å². The molecule has 0 aliphatic rings. The van der Waals surface area contributed by atoms with Crippen LogP contribution in [0.25, 0.3) is 0 Å². The van der Waals surface area contributed by atoms with Crippen LogP contribution in [0, 0.1) is 6.92 Å². The summed E-state index contributed by atoms with van der Waals surface area (Å²) in [5.41, 5.74) is 1.66. The van der Waals surface area contributed by atoms with Gasteiger partial charge in [0.2, 0.25) is 0 Å². The van der Waals surface area contributed by atoms with Crippen molar-refractivity contribution < 1.29 is 19.3 Å². The van der Waals surface area contributed by atoms with Crippen LogP contribution in [0.5, 0.6) is 17.2 Å². The van der Waals surface area contributed by atoms with Gasteiger partial charge in [-0.25, -0.2) is 0 Å². The maximum Gasteiger partial charge on any atom is 0.132 e. The first-order valence-electron chi connectivity index (χ1n) is 6.14. The third-order valence-electron chi connectivity index (χ3n) is 3.18. The summed E-state index contributed by atoms with van der Waals surface area (Å²) in [4.78, 5) is 0.881. The van der Waals surface area contributed by atoms with Gasteiger partial charge in [-0.1, -0.05) is 0 Å². The predicted octanol–water partition coefficient (Wildman–Crippen LogP) is 3.16. The number of benzene rings is 1. The molecule has 0 radical (unpaired) electrons. The monoisotopic (exact) mass is 294 g/mol. The summed E-state index contributed by atoms with van der Waals surface area (Å²) in [7, 11) is 4.70. The number of hydrogen-bond donors (Lipinski definition) is 1. The largest absolute Gasteiger partial charge is 0.496 e.